The van der Waals surface area contributed by atoms with E-state index < -0.39 is 10.5 Å². The minimum absolute atomic E-state index is 0.148. The van der Waals surface area contributed by atoms with E-state index in [1.165, 1.54) is 29.1 Å². The highest BCUT2D eigenvalue weighted by molar-refractivity contribution is 5.97. The number of benzene rings is 2. The fourth-order valence-corrected chi connectivity index (χ4v) is 3.91. The second-order valence-corrected chi connectivity index (χ2v) is 7.61. The first-order valence-corrected chi connectivity index (χ1v) is 10.4. The number of rotatable bonds is 7. The monoisotopic (exact) mass is 446 g/mol. The Morgan fingerprint density at radius 1 is 1.12 bits per heavy atom. The number of nitro benzene ring substituents is 1. The minimum Gasteiger partial charge on any atom is -0.494 e. The van der Waals surface area contributed by atoms with Crippen LogP contribution in [0.25, 0.3) is 16.6 Å². The first kappa shape index (κ1) is 21.9. The summed E-state index contributed by atoms with van der Waals surface area (Å²) in [5.74, 6) is 0.541. The molecule has 4 aromatic rings. The summed E-state index contributed by atoms with van der Waals surface area (Å²) >= 11 is 0. The number of aromatic nitrogens is 3. The minimum atomic E-state index is -0.545. The van der Waals surface area contributed by atoms with E-state index in [1.54, 1.807) is 6.07 Å². The van der Waals surface area contributed by atoms with Gasteiger partial charge < -0.3 is 9.30 Å². The predicted molar refractivity (Wildman–Crippen MR) is 123 cm³/mol. The van der Waals surface area contributed by atoms with Crippen LogP contribution in [0.15, 0.2) is 59.7 Å². The zero-order valence-corrected chi connectivity index (χ0v) is 18.4. The van der Waals surface area contributed by atoms with E-state index in [2.05, 4.69) is 4.98 Å². The molecule has 9 heteroatoms. The van der Waals surface area contributed by atoms with Gasteiger partial charge in [-0.05, 0) is 57.2 Å². The Balaban J connectivity index is 1.64. The highest BCUT2D eigenvalue weighted by Crippen LogP contribution is 2.24. The van der Waals surface area contributed by atoms with E-state index in [0.29, 0.717) is 12.2 Å². The lowest BCUT2D eigenvalue weighted by molar-refractivity contribution is -0.384. The van der Waals surface area contributed by atoms with Gasteiger partial charge in [0.05, 0.1) is 35.3 Å². The van der Waals surface area contributed by atoms with Crippen molar-refractivity contribution in [1.29, 1.82) is 0 Å². The Bertz CT molecular complexity index is 1430. The van der Waals surface area contributed by atoms with E-state index in [-0.39, 0.29) is 28.9 Å². The van der Waals surface area contributed by atoms with Crippen LogP contribution >= 0.6 is 0 Å². The number of aryl methyl sites for hydroxylation is 1. The van der Waals surface area contributed by atoms with E-state index in [1.807, 2.05) is 49.6 Å². The molecule has 4 rings (SSSR count). The van der Waals surface area contributed by atoms with Crippen molar-refractivity contribution in [3.05, 3.63) is 92.3 Å². The maximum Gasteiger partial charge on any atom is 0.271 e. The number of ketones is 1. The molecule has 0 aliphatic rings. The Morgan fingerprint density at radius 3 is 2.52 bits per heavy atom. The van der Waals surface area contributed by atoms with Gasteiger partial charge in [0.2, 0.25) is 0 Å². The van der Waals surface area contributed by atoms with Crippen molar-refractivity contribution in [3.8, 4) is 11.4 Å². The van der Waals surface area contributed by atoms with Crippen LogP contribution in [0, 0.1) is 24.0 Å². The number of nitro groups is 1. The lowest BCUT2D eigenvalue weighted by Gasteiger charge is -2.11. The third-order valence-electron chi connectivity index (χ3n) is 5.47. The molecule has 0 unspecified atom stereocenters. The molecule has 2 heterocycles. The normalized spacial score (nSPS) is 11.0. The van der Waals surface area contributed by atoms with E-state index in [4.69, 9.17) is 4.74 Å². The molecule has 0 N–H and O–H groups in total. The molecular weight excluding hydrogens is 424 g/mol. The zero-order chi connectivity index (χ0) is 23.7. The second-order valence-electron chi connectivity index (χ2n) is 7.61. The number of fused-ring (bicyclic) bond motifs is 1. The molecule has 168 valence electrons. The van der Waals surface area contributed by atoms with Gasteiger partial charge in [-0.25, -0.2) is 4.98 Å². The Morgan fingerprint density at radius 2 is 1.85 bits per heavy atom. The van der Waals surface area contributed by atoms with E-state index >= 15 is 0 Å². The van der Waals surface area contributed by atoms with Gasteiger partial charge in [-0.15, -0.1) is 0 Å². The van der Waals surface area contributed by atoms with Gasteiger partial charge >= 0.3 is 0 Å². The van der Waals surface area contributed by atoms with Crippen LogP contribution in [-0.4, -0.2) is 31.4 Å². The van der Waals surface area contributed by atoms with Crippen molar-refractivity contribution in [1.82, 2.24) is 14.1 Å². The topological polar surface area (TPSA) is 109 Å². The molecule has 0 saturated heterocycles. The summed E-state index contributed by atoms with van der Waals surface area (Å²) in [4.78, 5) is 40.5. The van der Waals surface area contributed by atoms with Gasteiger partial charge in [-0.2, -0.15) is 0 Å². The number of carbonyl (C=O) groups is 1. The molecule has 0 spiro atoms. The number of ether oxygens (including phenoxy) is 1. The lowest BCUT2D eigenvalue weighted by Crippen LogP contribution is -2.25. The molecule has 0 fully saturated rings. The number of nitrogens with zero attached hydrogens (tertiary/aromatic N) is 4. The number of hydrogen-bond acceptors (Lipinski definition) is 6. The standard InChI is InChI=1S/C24H22N4O5/c1-4-33-19-8-5-17(6-9-19)27-15(2)11-21(16(27)3)23(29)13-26-14-25-22-12-18(28(31)32)7-10-20(22)24(26)30/h5-12,14H,4,13H2,1-3H3. The van der Waals surface area contributed by atoms with Crippen molar-refractivity contribution >= 4 is 22.4 Å². The Hall–Kier alpha value is -4.27. The van der Waals surface area contributed by atoms with Gasteiger partial charge in [-0.1, -0.05) is 0 Å². The number of hydrogen-bond donors (Lipinski definition) is 0. The fraction of sp³-hybridized carbons (Fsp3) is 0.208. The van der Waals surface area contributed by atoms with Crippen molar-refractivity contribution in [3.63, 3.8) is 0 Å². The molecule has 0 bridgehead atoms. The predicted octanol–water partition coefficient (Wildman–Crippen LogP) is 3.99. The summed E-state index contributed by atoms with van der Waals surface area (Å²) < 4.78 is 8.69. The first-order chi connectivity index (χ1) is 15.8. The van der Waals surface area contributed by atoms with E-state index in [0.717, 1.165) is 22.8 Å². The molecule has 0 saturated carbocycles. The number of Topliss-reactive ketones (excluding diaryl/α,β-unsaturated/α-hetero) is 1. The molecule has 2 aromatic carbocycles. The maximum absolute atomic E-state index is 13.1. The van der Waals surface area contributed by atoms with Crippen LogP contribution in [0.2, 0.25) is 0 Å². The first-order valence-electron chi connectivity index (χ1n) is 10.4. The van der Waals surface area contributed by atoms with Gasteiger partial charge in [-0.3, -0.25) is 24.3 Å². The third kappa shape index (κ3) is 4.12. The summed E-state index contributed by atoms with van der Waals surface area (Å²) in [7, 11) is 0. The van der Waals surface area contributed by atoms with Gasteiger partial charge in [0.1, 0.15) is 5.75 Å². The third-order valence-corrected chi connectivity index (χ3v) is 5.47. The average Bonchev–Trinajstić information content (AvgIpc) is 3.10. The molecular formula is C24H22N4O5. The Labute approximate surface area is 189 Å². The van der Waals surface area contributed by atoms with Crippen molar-refractivity contribution < 1.29 is 14.5 Å². The SMILES string of the molecule is CCOc1ccc(-n2c(C)cc(C(=O)Cn3cnc4cc([N+](=O)[O-])ccc4c3=O)c2C)cc1. The van der Waals surface area contributed by atoms with Crippen LogP contribution in [0.1, 0.15) is 28.7 Å². The van der Waals surface area contributed by atoms with Crippen LogP contribution in [0.4, 0.5) is 5.69 Å². The van der Waals surface area contributed by atoms with Crippen LogP contribution < -0.4 is 10.3 Å². The number of non-ortho nitro benzene ring substituents is 1. The summed E-state index contributed by atoms with van der Waals surface area (Å²) in [5.41, 5.74) is 2.70. The molecule has 0 aliphatic heterocycles. The largest absolute Gasteiger partial charge is 0.494 e. The van der Waals surface area contributed by atoms with Gasteiger partial charge in [0.25, 0.3) is 11.2 Å². The fourth-order valence-electron chi connectivity index (χ4n) is 3.91. The molecule has 0 radical (unpaired) electrons. The molecule has 2 aromatic heterocycles. The molecule has 33 heavy (non-hydrogen) atoms. The van der Waals surface area contributed by atoms with Crippen molar-refractivity contribution in [2.45, 2.75) is 27.3 Å². The lowest BCUT2D eigenvalue weighted by atomic mass is 10.1. The van der Waals surface area contributed by atoms with Crippen molar-refractivity contribution in [2.24, 2.45) is 0 Å². The summed E-state index contributed by atoms with van der Waals surface area (Å²) in [6.45, 7) is 6.09. The number of carbonyl (C=O) groups excluding carboxylic acids is 1. The second kappa shape index (κ2) is 8.70. The molecule has 9 nitrogen and oxygen atoms in total. The van der Waals surface area contributed by atoms with Crippen LogP contribution in [0.3, 0.4) is 0 Å². The van der Waals surface area contributed by atoms with Gasteiger partial charge in [0.15, 0.2) is 5.78 Å². The van der Waals surface area contributed by atoms with E-state index in [9.17, 15) is 19.7 Å². The Kier molecular flexibility index (Phi) is 5.78. The maximum atomic E-state index is 13.1. The highest BCUT2D eigenvalue weighted by atomic mass is 16.6. The quantitative estimate of drug-likeness (QED) is 0.241. The highest BCUT2D eigenvalue weighted by Gasteiger charge is 2.18. The zero-order valence-electron chi connectivity index (χ0n) is 18.4. The van der Waals surface area contributed by atoms with Crippen LogP contribution in [-0.2, 0) is 6.54 Å². The molecule has 0 amide bonds. The molecule has 0 aliphatic carbocycles. The van der Waals surface area contributed by atoms with Crippen LogP contribution in [0.5, 0.6) is 5.75 Å². The summed E-state index contributed by atoms with van der Waals surface area (Å²) in [6.07, 6.45) is 1.25. The summed E-state index contributed by atoms with van der Waals surface area (Å²) in [6, 6.07) is 13.3. The smallest absolute Gasteiger partial charge is 0.271 e. The van der Waals surface area contributed by atoms with Crippen molar-refractivity contribution in [2.75, 3.05) is 6.61 Å². The molecule has 0 atom stereocenters. The summed E-state index contributed by atoms with van der Waals surface area (Å²) in [5, 5.41) is 11.2. The van der Waals surface area contributed by atoms with Gasteiger partial charge in [0, 0.05) is 34.8 Å². The average molecular weight is 446 g/mol.